The molecule has 0 bridgehead atoms. The second-order valence-corrected chi connectivity index (χ2v) is 11.0. The van der Waals surface area contributed by atoms with Gasteiger partial charge in [-0.1, -0.05) is 30.8 Å². The molecule has 0 spiro atoms. The number of likely N-dealkylation sites (tertiary alicyclic amines) is 1. The minimum Gasteiger partial charge on any atom is -0.409 e. The first-order chi connectivity index (χ1) is 19.0. The minimum absolute atomic E-state index is 0.250. The van der Waals surface area contributed by atoms with Crippen LogP contribution in [0.5, 0.6) is 5.75 Å². The average Bonchev–Trinajstić information content (AvgIpc) is 3.48. The highest BCUT2D eigenvalue weighted by atomic mass is 32.2. The van der Waals surface area contributed by atoms with Gasteiger partial charge in [0.25, 0.3) is 5.91 Å². The lowest BCUT2D eigenvalue weighted by Gasteiger charge is -2.33. The number of tetrazole rings is 1. The Morgan fingerprint density at radius 1 is 1.13 bits per heavy atom. The van der Waals surface area contributed by atoms with E-state index in [1.165, 1.54) is 6.20 Å². The molecule has 0 saturated carbocycles. The fourth-order valence-corrected chi connectivity index (χ4v) is 5.64. The summed E-state index contributed by atoms with van der Waals surface area (Å²) in [6, 6.07) is 10.8. The SMILES string of the molecule is CC(Sc1nn[nH]n1)C1CCN(C(=O)Oc2ccc(NC(=O)c3ccc(CN4CCOCC4)cc3)nc2)CC1. The van der Waals surface area contributed by atoms with E-state index in [2.05, 4.69) is 42.7 Å². The van der Waals surface area contributed by atoms with Crippen LogP contribution in [-0.2, 0) is 11.3 Å². The van der Waals surface area contributed by atoms with Gasteiger partial charge in [-0.3, -0.25) is 9.69 Å². The third-order valence-electron chi connectivity index (χ3n) is 6.99. The number of thioether (sulfide) groups is 1. The van der Waals surface area contributed by atoms with Crippen LogP contribution in [0.3, 0.4) is 0 Å². The van der Waals surface area contributed by atoms with E-state index >= 15 is 0 Å². The number of piperidine rings is 1. The van der Waals surface area contributed by atoms with Crippen LogP contribution in [0.1, 0.15) is 35.7 Å². The zero-order chi connectivity index (χ0) is 27.0. The van der Waals surface area contributed by atoms with Crippen molar-refractivity contribution >= 4 is 29.6 Å². The molecule has 13 heteroatoms. The number of morpholine rings is 1. The number of hydrogen-bond acceptors (Lipinski definition) is 10. The Morgan fingerprint density at radius 3 is 2.56 bits per heavy atom. The fraction of sp³-hybridized carbons (Fsp3) is 0.462. The normalized spacial score (nSPS) is 17.5. The number of aromatic amines is 1. The van der Waals surface area contributed by atoms with E-state index in [9.17, 15) is 9.59 Å². The van der Waals surface area contributed by atoms with E-state index < -0.39 is 6.09 Å². The third kappa shape index (κ3) is 7.52. The molecule has 2 fully saturated rings. The molecular weight excluding hydrogens is 520 g/mol. The minimum atomic E-state index is -0.400. The van der Waals surface area contributed by atoms with Crippen molar-refractivity contribution in [2.75, 3.05) is 44.7 Å². The van der Waals surface area contributed by atoms with Gasteiger partial charge in [0.15, 0.2) is 5.75 Å². The second-order valence-electron chi connectivity index (χ2n) is 9.63. The van der Waals surface area contributed by atoms with Gasteiger partial charge in [-0.2, -0.15) is 5.21 Å². The van der Waals surface area contributed by atoms with Gasteiger partial charge in [-0.15, -0.1) is 10.2 Å². The number of rotatable bonds is 8. The summed E-state index contributed by atoms with van der Waals surface area (Å²) in [4.78, 5) is 33.6. The molecule has 5 rings (SSSR count). The number of benzene rings is 1. The van der Waals surface area contributed by atoms with Crippen LogP contribution in [-0.4, -0.2) is 92.1 Å². The maximum atomic E-state index is 12.7. The third-order valence-corrected chi connectivity index (χ3v) is 8.13. The summed E-state index contributed by atoms with van der Waals surface area (Å²) in [5, 5.41) is 17.8. The summed E-state index contributed by atoms with van der Waals surface area (Å²) in [6.45, 7) is 7.57. The molecule has 3 aromatic rings. The van der Waals surface area contributed by atoms with Crippen LogP contribution < -0.4 is 10.1 Å². The Balaban J connectivity index is 1.06. The number of aromatic nitrogens is 5. The largest absolute Gasteiger partial charge is 0.415 e. The van der Waals surface area contributed by atoms with Crippen LogP contribution in [0.4, 0.5) is 10.6 Å². The van der Waals surface area contributed by atoms with Crippen LogP contribution in [0.2, 0.25) is 0 Å². The Hall–Kier alpha value is -3.55. The van der Waals surface area contributed by atoms with Crippen molar-refractivity contribution < 1.29 is 19.1 Å². The first-order valence-electron chi connectivity index (χ1n) is 13.1. The Morgan fingerprint density at radius 2 is 1.90 bits per heavy atom. The number of H-pyrrole nitrogens is 1. The number of nitrogens with zero attached hydrogens (tertiary/aromatic N) is 6. The number of carbonyl (C=O) groups excluding carboxylic acids is 2. The Labute approximate surface area is 230 Å². The molecule has 12 nitrogen and oxygen atoms in total. The predicted octanol–water partition coefficient (Wildman–Crippen LogP) is 3.07. The molecule has 0 radical (unpaired) electrons. The van der Waals surface area contributed by atoms with Gasteiger partial charge in [0.05, 0.1) is 19.4 Å². The molecule has 2 aliphatic rings. The lowest BCUT2D eigenvalue weighted by atomic mass is 9.94. The molecule has 2 saturated heterocycles. The summed E-state index contributed by atoms with van der Waals surface area (Å²) in [5.41, 5.74) is 1.70. The van der Waals surface area contributed by atoms with Crippen LogP contribution >= 0.6 is 11.8 Å². The first kappa shape index (κ1) is 27.0. The van der Waals surface area contributed by atoms with E-state index in [-0.39, 0.29) is 5.91 Å². The van der Waals surface area contributed by atoms with Crippen molar-refractivity contribution in [2.24, 2.45) is 5.92 Å². The van der Waals surface area contributed by atoms with Crippen molar-refractivity contribution in [3.8, 4) is 5.75 Å². The molecule has 4 heterocycles. The summed E-state index contributed by atoms with van der Waals surface area (Å²) in [7, 11) is 0. The topological polar surface area (TPSA) is 138 Å². The predicted molar refractivity (Wildman–Crippen MR) is 145 cm³/mol. The van der Waals surface area contributed by atoms with Gasteiger partial charge in [0, 0.05) is 43.5 Å². The maximum Gasteiger partial charge on any atom is 0.415 e. The molecule has 2 aromatic heterocycles. The van der Waals surface area contributed by atoms with Crippen molar-refractivity contribution in [3.05, 3.63) is 53.7 Å². The van der Waals surface area contributed by atoms with E-state index in [1.54, 1.807) is 28.8 Å². The highest BCUT2D eigenvalue weighted by molar-refractivity contribution is 7.99. The van der Waals surface area contributed by atoms with Crippen LogP contribution in [0.15, 0.2) is 47.8 Å². The summed E-state index contributed by atoms with van der Waals surface area (Å²) >= 11 is 1.59. The molecule has 2 aliphatic heterocycles. The number of amides is 2. The number of hydrogen-bond donors (Lipinski definition) is 2. The average molecular weight is 553 g/mol. The highest BCUT2D eigenvalue weighted by Crippen LogP contribution is 2.31. The van der Waals surface area contributed by atoms with Crippen molar-refractivity contribution in [1.82, 2.24) is 35.4 Å². The summed E-state index contributed by atoms with van der Waals surface area (Å²) < 4.78 is 10.9. The molecular formula is C26H32N8O4S. The van der Waals surface area contributed by atoms with Crippen molar-refractivity contribution in [3.63, 3.8) is 0 Å². The van der Waals surface area contributed by atoms with Crippen molar-refractivity contribution in [1.29, 1.82) is 0 Å². The number of ether oxygens (including phenoxy) is 2. The van der Waals surface area contributed by atoms with Gasteiger partial charge in [-0.05, 0) is 53.8 Å². The standard InChI is InChI=1S/C26H32N8O4S/c1-18(39-25-29-31-32-30-25)20-8-10-34(11-9-20)26(36)38-22-6-7-23(27-16-22)28-24(35)21-4-2-19(3-5-21)17-33-12-14-37-15-13-33/h2-7,16,18,20H,8-15,17H2,1H3,(H,27,28,35)(H,29,30,31,32). The van der Waals surface area contributed by atoms with E-state index in [4.69, 9.17) is 9.47 Å². The fourth-order valence-electron chi connectivity index (χ4n) is 4.66. The van der Waals surface area contributed by atoms with E-state index in [1.807, 2.05) is 24.3 Å². The highest BCUT2D eigenvalue weighted by Gasteiger charge is 2.28. The second kappa shape index (κ2) is 13.0. The van der Waals surface area contributed by atoms with Crippen LogP contribution in [0, 0.1) is 5.92 Å². The Bertz CT molecular complexity index is 1210. The number of nitrogens with one attached hydrogen (secondary N) is 2. The smallest absolute Gasteiger partial charge is 0.409 e. The van der Waals surface area contributed by atoms with Gasteiger partial charge in [0.1, 0.15) is 5.82 Å². The molecule has 2 amide bonds. The molecule has 206 valence electrons. The van der Waals surface area contributed by atoms with Gasteiger partial charge in [0.2, 0.25) is 5.16 Å². The Kier molecular flexibility index (Phi) is 9.01. The summed E-state index contributed by atoms with van der Waals surface area (Å²) in [6.07, 6.45) is 2.79. The zero-order valence-corrected chi connectivity index (χ0v) is 22.6. The van der Waals surface area contributed by atoms with E-state index in [0.29, 0.717) is 46.5 Å². The monoisotopic (exact) mass is 552 g/mol. The molecule has 0 aliphatic carbocycles. The number of pyridine rings is 1. The van der Waals surface area contributed by atoms with Gasteiger partial charge >= 0.3 is 6.09 Å². The van der Waals surface area contributed by atoms with Gasteiger partial charge in [-0.25, -0.2) is 9.78 Å². The number of carbonyl (C=O) groups is 2. The summed E-state index contributed by atoms with van der Waals surface area (Å²) in [5.74, 6) is 0.905. The molecule has 1 unspecified atom stereocenters. The quantitative estimate of drug-likeness (QED) is 0.401. The molecule has 2 N–H and O–H groups in total. The first-order valence-corrected chi connectivity index (χ1v) is 13.9. The maximum absolute atomic E-state index is 12.7. The zero-order valence-electron chi connectivity index (χ0n) is 21.8. The molecule has 39 heavy (non-hydrogen) atoms. The van der Waals surface area contributed by atoms with Gasteiger partial charge < -0.3 is 19.7 Å². The van der Waals surface area contributed by atoms with E-state index in [0.717, 1.165) is 51.3 Å². The molecule has 1 atom stereocenters. The number of anilines is 1. The van der Waals surface area contributed by atoms with Crippen molar-refractivity contribution in [2.45, 2.75) is 36.7 Å². The molecule has 1 aromatic carbocycles. The lowest BCUT2D eigenvalue weighted by molar-refractivity contribution is 0.0342. The van der Waals surface area contributed by atoms with Crippen LogP contribution in [0.25, 0.3) is 0 Å². The lowest BCUT2D eigenvalue weighted by Crippen LogP contribution is -2.41.